The third kappa shape index (κ3) is 2.35. The molecule has 2 N–H and O–H groups in total. The quantitative estimate of drug-likeness (QED) is 0.445. The van der Waals surface area contributed by atoms with Crippen LogP contribution in [-0.2, 0) is 0 Å². The lowest BCUT2D eigenvalue weighted by Gasteiger charge is -1.99. The lowest BCUT2D eigenvalue weighted by atomic mass is 10.3. The molecule has 0 fully saturated rings. The van der Waals surface area contributed by atoms with Crippen LogP contribution in [0.4, 0.5) is 10.1 Å². The third-order valence-electron chi connectivity index (χ3n) is 1.07. The summed E-state index contributed by atoms with van der Waals surface area (Å²) in [4.78, 5) is 0. The van der Waals surface area contributed by atoms with Crippen molar-refractivity contribution in [1.29, 1.82) is 0 Å². The third-order valence-corrected chi connectivity index (χ3v) is 2.75. The van der Waals surface area contributed by atoms with Crippen molar-refractivity contribution in [1.82, 2.24) is 0 Å². The first kappa shape index (κ1) is 11.3. The van der Waals surface area contributed by atoms with Gasteiger partial charge in [0.05, 0.1) is 14.3 Å². The number of nitrogens with two attached hydrogens (primary N) is 1. The highest BCUT2D eigenvalue weighted by atomic mass is 127. The lowest BCUT2D eigenvalue weighted by molar-refractivity contribution is 0.625. The molecule has 0 saturated carbocycles. The first-order valence-corrected chi connectivity index (χ1v) is 3.97. The van der Waals surface area contributed by atoms with E-state index in [-0.39, 0.29) is 18.1 Å². The van der Waals surface area contributed by atoms with Crippen LogP contribution in [0, 0.1) is 9.39 Å². The van der Waals surface area contributed by atoms with Gasteiger partial charge < -0.3 is 5.73 Å². The van der Waals surface area contributed by atoms with Crippen LogP contribution in [-0.4, -0.2) is 0 Å². The summed E-state index contributed by atoms with van der Waals surface area (Å²) in [6.07, 6.45) is 0. The number of nitrogen functional groups attached to an aromatic ring is 1. The Balaban J connectivity index is 0.000001000. The first-order valence-electron chi connectivity index (χ1n) is 2.52. The van der Waals surface area contributed by atoms with Crippen LogP contribution < -0.4 is 5.73 Å². The summed E-state index contributed by atoms with van der Waals surface area (Å²) >= 11 is 7.39. The molecule has 0 radical (unpaired) electrons. The highest BCUT2D eigenvalue weighted by Crippen LogP contribution is 2.24. The van der Waals surface area contributed by atoms with Gasteiger partial charge in [-0.25, -0.2) is 4.39 Å². The number of rotatable bonds is 0. The molecule has 0 aromatic heterocycles. The summed E-state index contributed by atoms with van der Waals surface area (Å²) in [7, 11) is 0. The zero-order chi connectivity index (χ0) is 7.72. The van der Waals surface area contributed by atoms with Gasteiger partial charge in [0.1, 0.15) is 0 Å². The van der Waals surface area contributed by atoms with Crippen LogP contribution in [0.3, 0.4) is 0 Å². The monoisotopic (exact) mass is 307 g/mol. The standard InChI is InChI=1S/C6H4ClFIN.ClH/c7-3-1-2-4(10)5(8)6(3)9;/h1-2H,10H2;1H. The van der Waals surface area contributed by atoms with Crippen LogP contribution in [0.15, 0.2) is 12.1 Å². The van der Waals surface area contributed by atoms with Crippen LogP contribution in [0.2, 0.25) is 5.02 Å². The SMILES string of the molecule is Cl.Nc1ccc(Cl)c(I)c1F. The van der Waals surface area contributed by atoms with E-state index < -0.39 is 5.82 Å². The molecule has 5 heteroatoms. The Morgan fingerprint density at radius 1 is 1.45 bits per heavy atom. The zero-order valence-corrected chi connectivity index (χ0v) is 9.00. The van der Waals surface area contributed by atoms with Crippen molar-refractivity contribution in [2.24, 2.45) is 0 Å². The van der Waals surface area contributed by atoms with Crippen molar-refractivity contribution in [3.63, 3.8) is 0 Å². The molecule has 0 spiro atoms. The Hall–Kier alpha value is 0.260. The van der Waals surface area contributed by atoms with Crippen molar-refractivity contribution < 1.29 is 4.39 Å². The largest absolute Gasteiger partial charge is 0.396 e. The van der Waals surface area contributed by atoms with Gasteiger partial charge in [0.2, 0.25) is 0 Å². The average Bonchev–Trinajstić information content (AvgIpc) is 1.93. The molecule has 0 unspecified atom stereocenters. The van der Waals surface area contributed by atoms with E-state index in [2.05, 4.69) is 0 Å². The van der Waals surface area contributed by atoms with E-state index in [1.165, 1.54) is 6.07 Å². The molecule has 0 saturated heterocycles. The van der Waals surface area contributed by atoms with Gasteiger partial charge >= 0.3 is 0 Å². The second-order valence-electron chi connectivity index (χ2n) is 1.76. The van der Waals surface area contributed by atoms with E-state index in [9.17, 15) is 4.39 Å². The van der Waals surface area contributed by atoms with E-state index in [1.54, 1.807) is 6.07 Å². The molecule has 11 heavy (non-hydrogen) atoms. The van der Waals surface area contributed by atoms with E-state index >= 15 is 0 Å². The van der Waals surface area contributed by atoms with Gasteiger partial charge in [-0.3, -0.25) is 0 Å². The lowest BCUT2D eigenvalue weighted by Crippen LogP contribution is -1.92. The van der Waals surface area contributed by atoms with Gasteiger partial charge in [-0.05, 0) is 34.7 Å². The van der Waals surface area contributed by atoms with Gasteiger partial charge in [-0.1, -0.05) is 11.6 Å². The second kappa shape index (κ2) is 4.33. The number of halogens is 4. The second-order valence-corrected chi connectivity index (χ2v) is 3.25. The van der Waals surface area contributed by atoms with Gasteiger partial charge in [-0.15, -0.1) is 12.4 Å². The zero-order valence-electron chi connectivity index (χ0n) is 5.27. The molecule has 1 aromatic carbocycles. The van der Waals surface area contributed by atoms with Gasteiger partial charge in [0.15, 0.2) is 5.82 Å². The molecule has 1 aromatic rings. The van der Waals surface area contributed by atoms with Crippen LogP contribution in [0.25, 0.3) is 0 Å². The van der Waals surface area contributed by atoms with E-state index in [0.717, 1.165) is 0 Å². The summed E-state index contributed by atoms with van der Waals surface area (Å²) in [5, 5.41) is 0.396. The van der Waals surface area contributed by atoms with Crippen LogP contribution >= 0.6 is 46.6 Å². The number of benzene rings is 1. The number of anilines is 1. The van der Waals surface area contributed by atoms with Crippen molar-refractivity contribution in [3.05, 3.63) is 26.5 Å². The normalized spacial score (nSPS) is 9.00. The highest BCUT2D eigenvalue weighted by Gasteiger charge is 2.05. The van der Waals surface area contributed by atoms with Crippen molar-refractivity contribution >= 4 is 52.3 Å². The van der Waals surface area contributed by atoms with E-state index in [4.69, 9.17) is 17.3 Å². The fourth-order valence-electron chi connectivity index (χ4n) is 0.541. The van der Waals surface area contributed by atoms with Crippen molar-refractivity contribution in [2.45, 2.75) is 0 Å². The maximum Gasteiger partial charge on any atom is 0.160 e. The predicted molar refractivity (Wildman–Crippen MR) is 55.8 cm³/mol. The molecule has 1 nitrogen and oxygen atoms in total. The molecule has 0 aliphatic heterocycles. The molecule has 0 aliphatic rings. The van der Waals surface area contributed by atoms with Crippen molar-refractivity contribution in [3.8, 4) is 0 Å². The summed E-state index contributed by atoms with van der Waals surface area (Å²) < 4.78 is 13.1. The summed E-state index contributed by atoms with van der Waals surface area (Å²) in [6.45, 7) is 0. The van der Waals surface area contributed by atoms with Crippen LogP contribution in [0.5, 0.6) is 0 Å². The Kier molecular flexibility index (Phi) is 4.43. The van der Waals surface area contributed by atoms with Crippen LogP contribution in [0.1, 0.15) is 0 Å². The maximum atomic E-state index is 12.8. The average molecular weight is 308 g/mol. The van der Waals surface area contributed by atoms with Crippen molar-refractivity contribution in [2.75, 3.05) is 5.73 Å². The molecule has 0 aliphatic carbocycles. The number of hydrogen-bond donors (Lipinski definition) is 1. The first-order chi connectivity index (χ1) is 4.63. The molecule has 62 valence electrons. The Morgan fingerprint density at radius 2 is 2.00 bits per heavy atom. The molecule has 0 amide bonds. The van der Waals surface area contributed by atoms with E-state index in [1.807, 2.05) is 22.6 Å². The van der Waals surface area contributed by atoms with Gasteiger partial charge in [0.25, 0.3) is 0 Å². The minimum atomic E-state index is -0.437. The summed E-state index contributed by atoms with van der Waals surface area (Å²) in [5.74, 6) is -0.437. The molecule has 0 bridgehead atoms. The minimum absolute atomic E-state index is 0. The Labute approximate surface area is 88.7 Å². The Bertz CT molecular complexity index is 240. The fraction of sp³-hybridized carbons (Fsp3) is 0. The maximum absolute atomic E-state index is 12.8. The van der Waals surface area contributed by atoms with Gasteiger partial charge in [0, 0.05) is 0 Å². The van der Waals surface area contributed by atoms with E-state index in [0.29, 0.717) is 8.59 Å². The summed E-state index contributed by atoms with van der Waals surface area (Å²) in [5.41, 5.74) is 5.38. The number of hydrogen-bond acceptors (Lipinski definition) is 1. The molecule has 0 heterocycles. The topological polar surface area (TPSA) is 26.0 Å². The predicted octanol–water partition coefficient (Wildman–Crippen LogP) is 3.09. The molecule has 0 atom stereocenters. The van der Waals surface area contributed by atoms with Gasteiger partial charge in [-0.2, -0.15) is 0 Å². The molecular weight excluding hydrogens is 303 g/mol. The fourth-order valence-corrected chi connectivity index (χ4v) is 1.18. The Morgan fingerprint density at radius 3 is 2.45 bits per heavy atom. The highest BCUT2D eigenvalue weighted by molar-refractivity contribution is 14.1. The molecule has 1 rings (SSSR count). The molecular formula is C6H5Cl2FIN. The minimum Gasteiger partial charge on any atom is -0.396 e. The smallest absolute Gasteiger partial charge is 0.160 e. The summed E-state index contributed by atoms with van der Waals surface area (Å²) in [6, 6.07) is 3.02.